The van der Waals surface area contributed by atoms with Gasteiger partial charge in [-0.05, 0) is 37.1 Å². The molecular weight excluding hydrogens is 336 g/mol. The van der Waals surface area contributed by atoms with Crippen molar-refractivity contribution < 1.29 is 9.59 Å². The minimum Gasteiger partial charge on any atom is -0.303 e. The van der Waals surface area contributed by atoms with Crippen LogP contribution in [0.15, 0.2) is 47.4 Å². The van der Waals surface area contributed by atoms with E-state index in [4.69, 9.17) is 0 Å². The summed E-state index contributed by atoms with van der Waals surface area (Å²) in [5.41, 5.74) is 1.36. The summed E-state index contributed by atoms with van der Waals surface area (Å²) in [6.45, 7) is 2.50. The first-order chi connectivity index (χ1) is 12.2. The van der Waals surface area contributed by atoms with Gasteiger partial charge >= 0.3 is 6.03 Å². The summed E-state index contributed by atoms with van der Waals surface area (Å²) >= 11 is 1.76. The van der Waals surface area contributed by atoms with Crippen LogP contribution < -0.4 is 5.32 Å². The van der Waals surface area contributed by atoms with Crippen LogP contribution in [0.2, 0.25) is 0 Å². The number of hydrogen-bond donors (Lipinski definition) is 1. The summed E-state index contributed by atoms with van der Waals surface area (Å²) in [7, 11) is 0. The molecular formula is C18H22N4O2S. The fourth-order valence-electron chi connectivity index (χ4n) is 2.69. The lowest BCUT2D eigenvalue weighted by Gasteiger charge is -2.11. The third-order valence-electron chi connectivity index (χ3n) is 4.02. The Kier molecular flexibility index (Phi) is 5.75. The number of nitrogens with one attached hydrogen (secondary N) is 1. The van der Waals surface area contributed by atoms with Crippen molar-refractivity contribution in [2.24, 2.45) is 0 Å². The molecule has 3 amide bonds. The topological polar surface area (TPSA) is 66.7 Å². The molecule has 0 radical (unpaired) electrons. The first-order valence-corrected chi connectivity index (χ1v) is 9.57. The molecule has 6 nitrogen and oxygen atoms in total. The number of fused-ring (bicyclic) bond motifs is 1. The maximum absolute atomic E-state index is 12.2. The third kappa shape index (κ3) is 4.04. The van der Waals surface area contributed by atoms with Crippen LogP contribution in [0.3, 0.4) is 0 Å². The summed E-state index contributed by atoms with van der Waals surface area (Å²) in [4.78, 5) is 29.7. The monoisotopic (exact) mass is 358 g/mol. The largest absolute Gasteiger partial charge is 0.328 e. The van der Waals surface area contributed by atoms with Crippen molar-refractivity contribution in [2.45, 2.75) is 37.6 Å². The number of allylic oxidation sites excluding steroid dienone is 1. The van der Waals surface area contributed by atoms with Crippen molar-refractivity contribution >= 4 is 29.3 Å². The van der Waals surface area contributed by atoms with Gasteiger partial charge in [0.05, 0.1) is 5.03 Å². The number of pyridine rings is 1. The second-order valence-electron chi connectivity index (χ2n) is 5.87. The normalized spacial score (nSPS) is 16.2. The van der Waals surface area contributed by atoms with Gasteiger partial charge in [-0.1, -0.05) is 25.5 Å². The number of unbranched alkanes of at least 4 members (excludes halogenated alkanes) is 2. The number of rotatable bonds is 8. The molecule has 1 fully saturated rings. The molecule has 0 unspecified atom stereocenters. The minimum absolute atomic E-state index is 0.200. The number of imide groups is 1. The van der Waals surface area contributed by atoms with E-state index in [1.54, 1.807) is 18.0 Å². The smallest absolute Gasteiger partial charge is 0.303 e. The predicted molar refractivity (Wildman–Crippen MR) is 98.4 cm³/mol. The first kappa shape index (κ1) is 17.5. The van der Waals surface area contributed by atoms with Crippen LogP contribution in [0.5, 0.6) is 0 Å². The molecule has 1 aliphatic heterocycles. The number of carbonyl (C=O) groups is 2. The van der Waals surface area contributed by atoms with E-state index in [0.29, 0.717) is 12.2 Å². The zero-order valence-corrected chi connectivity index (χ0v) is 15.1. The van der Waals surface area contributed by atoms with Crippen LogP contribution in [0.4, 0.5) is 4.79 Å². The molecule has 2 aromatic heterocycles. The van der Waals surface area contributed by atoms with Crippen molar-refractivity contribution in [2.75, 3.05) is 12.3 Å². The molecule has 3 heterocycles. The van der Waals surface area contributed by atoms with Crippen LogP contribution >= 0.6 is 11.8 Å². The molecule has 0 atom stereocenters. The van der Waals surface area contributed by atoms with E-state index < -0.39 is 0 Å². The highest BCUT2D eigenvalue weighted by molar-refractivity contribution is 7.99. The van der Waals surface area contributed by atoms with Crippen LogP contribution in [-0.2, 0) is 4.79 Å². The summed E-state index contributed by atoms with van der Waals surface area (Å²) in [6, 6.07) is 5.75. The third-order valence-corrected chi connectivity index (χ3v) is 5.14. The number of imidazole rings is 1. The van der Waals surface area contributed by atoms with E-state index >= 15 is 0 Å². The zero-order valence-electron chi connectivity index (χ0n) is 14.3. The van der Waals surface area contributed by atoms with Gasteiger partial charge in [-0.3, -0.25) is 14.1 Å². The van der Waals surface area contributed by atoms with Crippen molar-refractivity contribution in [1.82, 2.24) is 19.6 Å². The highest BCUT2D eigenvalue weighted by Gasteiger charge is 2.32. The predicted octanol–water partition coefficient (Wildman–Crippen LogP) is 3.44. The van der Waals surface area contributed by atoms with Crippen LogP contribution in [0.1, 0.15) is 32.6 Å². The minimum atomic E-state index is -0.303. The second-order valence-corrected chi connectivity index (χ2v) is 6.98. The quantitative estimate of drug-likeness (QED) is 0.340. The summed E-state index contributed by atoms with van der Waals surface area (Å²) in [5, 5.41) is 3.80. The summed E-state index contributed by atoms with van der Waals surface area (Å²) < 4.78 is 2.06. The Balaban J connectivity index is 1.45. The van der Waals surface area contributed by atoms with E-state index in [1.165, 1.54) is 4.90 Å². The lowest BCUT2D eigenvalue weighted by Crippen LogP contribution is -2.31. The van der Waals surface area contributed by atoms with Crippen LogP contribution in [0.25, 0.3) is 5.65 Å². The average molecular weight is 358 g/mol. The number of carbonyl (C=O) groups excluding carboxylic acids is 2. The Hall–Kier alpha value is -2.28. The molecule has 0 bridgehead atoms. The molecule has 25 heavy (non-hydrogen) atoms. The molecule has 1 N–H and O–H groups in total. The molecule has 2 aromatic rings. The number of thioether (sulfide) groups is 1. The van der Waals surface area contributed by atoms with Crippen LogP contribution in [0, 0.1) is 0 Å². The molecule has 0 saturated carbocycles. The Morgan fingerprint density at radius 3 is 3.00 bits per heavy atom. The standard InChI is InChI=1S/C18H22N4O2S/c1-2-3-7-14-17(23)22(18(24)20-14)11-4-5-13-25-16-9-6-8-15-19-10-12-21(15)16/h6-10,12H,2-5,11,13H2,1H3,(H,20,24). The van der Waals surface area contributed by atoms with Crippen molar-refractivity contribution in [3.63, 3.8) is 0 Å². The Bertz CT molecular complexity index is 799. The maximum atomic E-state index is 12.2. The summed E-state index contributed by atoms with van der Waals surface area (Å²) in [6.07, 6.45) is 9.03. The highest BCUT2D eigenvalue weighted by atomic mass is 32.2. The van der Waals surface area contributed by atoms with Gasteiger partial charge in [0.15, 0.2) is 0 Å². The van der Waals surface area contributed by atoms with Gasteiger partial charge in [-0.15, -0.1) is 11.8 Å². The maximum Gasteiger partial charge on any atom is 0.328 e. The Morgan fingerprint density at radius 2 is 2.16 bits per heavy atom. The van der Waals surface area contributed by atoms with Gasteiger partial charge in [0, 0.05) is 18.9 Å². The van der Waals surface area contributed by atoms with Gasteiger partial charge < -0.3 is 5.32 Å². The second kappa shape index (κ2) is 8.20. The highest BCUT2D eigenvalue weighted by Crippen LogP contribution is 2.21. The summed E-state index contributed by atoms with van der Waals surface area (Å²) in [5.74, 6) is 0.730. The molecule has 1 aliphatic rings. The number of nitrogens with zero attached hydrogens (tertiary/aromatic N) is 3. The van der Waals surface area contributed by atoms with E-state index in [2.05, 4.69) is 20.8 Å². The van der Waals surface area contributed by atoms with Crippen molar-refractivity contribution in [3.8, 4) is 0 Å². The van der Waals surface area contributed by atoms with Crippen molar-refractivity contribution in [1.29, 1.82) is 0 Å². The fraction of sp³-hybridized carbons (Fsp3) is 0.389. The molecule has 0 aromatic carbocycles. The fourth-order valence-corrected chi connectivity index (χ4v) is 3.72. The van der Waals surface area contributed by atoms with Crippen molar-refractivity contribution in [3.05, 3.63) is 42.4 Å². The van der Waals surface area contributed by atoms with E-state index in [9.17, 15) is 9.59 Å². The lowest BCUT2D eigenvalue weighted by molar-refractivity contribution is -0.123. The Morgan fingerprint density at radius 1 is 1.28 bits per heavy atom. The molecule has 3 rings (SSSR count). The van der Waals surface area contributed by atoms with E-state index in [0.717, 1.165) is 42.1 Å². The van der Waals surface area contributed by atoms with Gasteiger partial charge in [0.25, 0.3) is 5.91 Å². The van der Waals surface area contributed by atoms with Crippen LogP contribution in [-0.4, -0.2) is 38.5 Å². The molecule has 0 aliphatic carbocycles. The molecule has 1 saturated heterocycles. The SMILES string of the molecule is CCCC=C1NC(=O)N(CCCCSc2cccc3nccn23)C1=O. The lowest BCUT2D eigenvalue weighted by atomic mass is 10.2. The number of urea groups is 1. The number of amides is 3. The van der Waals surface area contributed by atoms with Gasteiger partial charge in [0.2, 0.25) is 0 Å². The zero-order chi connectivity index (χ0) is 17.6. The average Bonchev–Trinajstić information content (AvgIpc) is 3.19. The van der Waals surface area contributed by atoms with Gasteiger partial charge in [-0.2, -0.15) is 0 Å². The molecule has 7 heteroatoms. The van der Waals surface area contributed by atoms with E-state index in [1.807, 2.05) is 31.3 Å². The van der Waals surface area contributed by atoms with Gasteiger partial charge in [-0.25, -0.2) is 9.78 Å². The van der Waals surface area contributed by atoms with E-state index in [-0.39, 0.29) is 11.9 Å². The number of aromatic nitrogens is 2. The first-order valence-electron chi connectivity index (χ1n) is 8.58. The number of hydrogen-bond acceptors (Lipinski definition) is 4. The molecule has 0 spiro atoms. The molecule has 132 valence electrons. The Labute approximate surface area is 151 Å². The van der Waals surface area contributed by atoms with Gasteiger partial charge in [0.1, 0.15) is 11.3 Å².